The standard InChI is InChI=1S/C26H32N2O4S/c1-19(30)27-23(13-14-33-2)26(32)28-24(16-21-11-7-4-8-12-21)25(31)17-22(18-29)15-20-9-5-3-6-10-20/h3-12,18,22-24H,13-17H2,1-2H3,(H,27,30)(H,28,32)/t22-,23+,24+/m1/s1. The summed E-state index contributed by atoms with van der Waals surface area (Å²) >= 11 is 1.58. The molecule has 2 N–H and O–H groups in total. The average Bonchev–Trinajstić information content (AvgIpc) is 2.81. The van der Waals surface area contributed by atoms with Crippen LogP contribution in [-0.2, 0) is 32.0 Å². The fourth-order valence-corrected chi connectivity index (χ4v) is 4.07. The summed E-state index contributed by atoms with van der Waals surface area (Å²) in [6.45, 7) is 1.37. The highest BCUT2D eigenvalue weighted by Crippen LogP contribution is 2.14. The van der Waals surface area contributed by atoms with Gasteiger partial charge in [-0.15, -0.1) is 0 Å². The van der Waals surface area contributed by atoms with Crippen molar-refractivity contribution in [1.82, 2.24) is 10.6 Å². The second-order valence-electron chi connectivity index (χ2n) is 8.04. The van der Waals surface area contributed by atoms with Gasteiger partial charge in [0.2, 0.25) is 11.8 Å². The fraction of sp³-hybridized carbons (Fsp3) is 0.385. The molecular weight excluding hydrogens is 436 g/mol. The molecule has 2 rings (SSSR count). The zero-order valence-electron chi connectivity index (χ0n) is 19.2. The van der Waals surface area contributed by atoms with Crippen molar-refractivity contribution in [3.63, 3.8) is 0 Å². The van der Waals surface area contributed by atoms with E-state index in [1.54, 1.807) is 11.8 Å². The number of benzene rings is 2. The Labute approximate surface area is 199 Å². The van der Waals surface area contributed by atoms with E-state index in [-0.39, 0.29) is 24.0 Å². The number of carbonyl (C=O) groups excluding carboxylic acids is 4. The van der Waals surface area contributed by atoms with Crippen LogP contribution in [0.2, 0.25) is 0 Å². The Morgan fingerprint density at radius 3 is 1.97 bits per heavy atom. The molecule has 0 aliphatic carbocycles. The number of aldehydes is 1. The summed E-state index contributed by atoms with van der Waals surface area (Å²) in [5, 5.41) is 5.52. The summed E-state index contributed by atoms with van der Waals surface area (Å²) in [6.07, 6.45) is 4.01. The lowest BCUT2D eigenvalue weighted by Crippen LogP contribution is -2.52. The lowest BCUT2D eigenvalue weighted by Gasteiger charge is -2.23. The zero-order chi connectivity index (χ0) is 24.1. The second-order valence-corrected chi connectivity index (χ2v) is 9.03. The first-order chi connectivity index (χ1) is 15.9. The van der Waals surface area contributed by atoms with Gasteiger partial charge in [0, 0.05) is 19.3 Å². The normalized spacial score (nSPS) is 13.4. The zero-order valence-corrected chi connectivity index (χ0v) is 20.0. The van der Waals surface area contributed by atoms with Crippen molar-refractivity contribution in [2.75, 3.05) is 12.0 Å². The van der Waals surface area contributed by atoms with Crippen molar-refractivity contribution < 1.29 is 19.2 Å². The Morgan fingerprint density at radius 1 is 0.879 bits per heavy atom. The molecule has 0 fully saturated rings. The molecule has 0 aliphatic rings. The van der Waals surface area contributed by atoms with Crippen LogP contribution in [0.1, 0.15) is 30.9 Å². The minimum atomic E-state index is -0.788. The van der Waals surface area contributed by atoms with Crippen LogP contribution < -0.4 is 10.6 Å². The lowest BCUT2D eigenvalue weighted by atomic mass is 9.91. The molecule has 3 atom stereocenters. The molecular formula is C26H32N2O4S. The Morgan fingerprint density at radius 2 is 1.45 bits per heavy atom. The third-order valence-electron chi connectivity index (χ3n) is 5.29. The van der Waals surface area contributed by atoms with E-state index in [1.165, 1.54) is 6.92 Å². The van der Waals surface area contributed by atoms with E-state index in [2.05, 4.69) is 10.6 Å². The molecule has 7 heteroatoms. The van der Waals surface area contributed by atoms with Crippen molar-refractivity contribution in [2.24, 2.45) is 5.92 Å². The molecule has 6 nitrogen and oxygen atoms in total. The maximum Gasteiger partial charge on any atom is 0.243 e. The van der Waals surface area contributed by atoms with Gasteiger partial charge in [0.1, 0.15) is 12.3 Å². The number of thioether (sulfide) groups is 1. The second kappa shape index (κ2) is 14.3. The molecule has 0 aromatic heterocycles. The van der Waals surface area contributed by atoms with Crippen molar-refractivity contribution in [3.8, 4) is 0 Å². The summed E-state index contributed by atoms with van der Waals surface area (Å²) in [7, 11) is 0. The Balaban J connectivity index is 2.15. The van der Waals surface area contributed by atoms with E-state index in [9.17, 15) is 19.2 Å². The van der Waals surface area contributed by atoms with E-state index in [0.29, 0.717) is 25.0 Å². The summed E-state index contributed by atoms with van der Waals surface area (Å²) in [4.78, 5) is 49.5. The molecule has 0 saturated heterocycles. The van der Waals surface area contributed by atoms with Crippen molar-refractivity contribution in [1.29, 1.82) is 0 Å². The van der Waals surface area contributed by atoms with Crippen molar-refractivity contribution in [3.05, 3.63) is 71.8 Å². The number of hydrogen-bond acceptors (Lipinski definition) is 5. The van der Waals surface area contributed by atoms with Gasteiger partial charge in [0.25, 0.3) is 0 Å². The van der Waals surface area contributed by atoms with Crippen LogP contribution in [0, 0.1) is 5.92 Å². The number of ketones is 1. The maximum atomic E-state index is 13.2. The fourth-order valence-electron chi connectivity index (χ4n) is 3.60. The molecule has 0 heterocycles. The van der Waals surface area contributed by atoms with E-state index >= 15 is 0 Å². The molecule has 0 saturated carbocycles. The largest absolute Gasteiger partial charge is 0.345 e. The quantitative estimate of drug-likeness (QED) is 0.416. The first-order valence-electron chi connectivity index (χ1n) is 11.0. The third-order valence-corrected chi connectivity index (χ3v) is 5.93. The SMILES string of the molecule is CSCC[C@H](NC(C)=O)C(=O)N[C@@H](Cc1ccccc1)C(=O)C[C@H](C=O)Cc1ccccc1. The van der Waals surface area contributed by atoms with Crippen molar-refractivity contribution >= 4 is 35.6 Å². The van der Waals surface area contributed by atoms with Gasteiger partial charge in [-0.3, -0.25) is 14.4 Å². The smallest absolute Gasteiger partial charge is 0.243 e. The van der Waals surface area contributed by atoms with Crippen LogP contribution in [0.4, 0.5) is 0 Å². The number of rotatable bonds is 14. The molecule has 2 aromatic carbocycles. The third kappa shape index (κ3) is 9.61. The molecule has 0 radical (unpaired) electrons. The van der Waals surface area contributed by atoms with E-state index < -0.39 is 18.0 Å². The topological polar surface area (TPSA) is 92.3 Å². The molecule has 0 spiro atoms. The number of nitrogens with one attached hydrogen (secondary N) is 2. The van der Waals surface area contributed by atoms with Gasteiger partial charge in [-0.1, -0.05) is 60.7 Å². The predicted octanol–water partition coefficient (Wildman–Crippen LogP) is 2.99. The number of amides is 2. The van der Waals surface area contributed by atoms with E-state index in [0.717, 1.165) is 17.4 Å². The number of carbonyl (C=O) groups is 4. The van der Waals surface area contributed by atoms with Gasteiger partial charge in [-0.2, -0.15) is 11.8 Å². The highest BCUT2D eigenvalue weighted by molar-refractivity contribution is 7.98. The van der Waals surface area contributed by atoms with E-state index in [1.807, 2.05) is 66.9 Å². The summed E-state index contributed by atoms with van der Waals surface area (Å²) in [5.41, 5.74) is 1.89. The average molecular weight is 469 g/mol. The van der Waals surface area contributed by atoms with Crippen LogP contribution in [0.25, 0.3) is 0 Å². The highest BCUT2D eigenvalue weighted by Gasteiger charge is 2.27. The van der Waals surface area contributed by atoms with Gasteiger partial charge in [-0.05, 0) is 42.4 Å². The lowest BCUT2D eigenvalue weighted by molar-refractivity contribution is -0.131. The number of Topliss-reactive ketones (excluding diaryl/α,β-unsaturated/α-hetero) is 1. The molecule has 2 aromatic rings. The van der Waals surface area contributed by atoms with Crippen LogP contribution in [0.3, 0.4) is 0 Å². The Bertz CT molecular complexity index is 905. The van der Waals surface area contributed by atoms with Gasteiger partial charge >= 0.3 is 0 Å². The maximum absolute atomic E-state index is 13.2. The first-order valence-corrected chi connectivity index (χ1v) is 12.4. The van der Waals surface area contributed by atoms with Gasteiger partial charge < -0.3 is 15.4 Å². The molecule has 0 aliphatic heterocycles. The minimum Gasteiger partial charge on any atom is -0.345 e. The highest BCUT2D eigenvalue weighted by atomic mass is 32.2. The molecule has 2 amide bonds. The first kappa shape index (κ1) is 26.3. The van der Waals surface area contributed by atoms with Crippen LogP contribution in [-0.4, -0.2) is 48.0 Å². The van der Waals surface area contributed by atoms with Crippen LogP contribution in [0.5, 0.6) is 0 Å². The summed E-state index contributed by atoms with van der Waals surface area (Å²) < 4.78 is 0. The monoisotopic (exact) mass is 468 g/mol. The summed E-state index contributed by atoms with van der Waals surface area (Å²) in [5.74, 6) is -0.672. The van der Waals surface area contributed by atoms with Crippen molar-refractivity contribution in [2.45, 2.75) is 44.7 Å². The van der Waals surface area contributed by atoms with Gasteiger partial charge in [0.15, 0.2) is 5.78 Å². The Hall–Kier alpha value is -2.93. The number of hydrogen-bond donors (Lipinski definition) is 2. The van der Waals surface area contributed by atoms with Gasteiger partial charge in [-0.25, -0.2) is 0 Å². The Kier molecular flexibility index (Phi) is 11.4. The predicted molar refractivity (Wildman–Crippen MR) is 132 cm³/mol. The van der Waals surface area contributed by atoms with Crippen LogP contribution in [0.15, 0.2) is 60.7 Å². The molecule has 0 unspecified atom stereocenters. The van der Waals surface area contributed by atoms with Crippen LogP contribution >= 0.6 is 11.8 Å². The molecule has 176 valence electrons. The minimum absolute atomic E-state index is 0.0335. The van der Waals surface area contributed by atoms with Gasteiger partial charge in [0.05, 0.1) is 6.04 Å². The molecule has 0 bridgehead atoms. The van der Waals surface area contributed by atoms with E-state index in [4.69, 9.17) is 0 Å². The summed E-state index contributed by atoms with van der Waals surface area (Å²) in [6, 6.07) is 17.5. The molecule has 33 heavy (non-hydrogen) atoms.